The largest absolute Gasteiger partial charge is 0.448 e. The van der Waals surface area contributed by atoms with Gasteiger partial charge < -0.3 is 9.64 Å². The van der Waals surface area contributed by atoms with Crippen LogP contribution in [0, 0.1) is 11.7 Å². The summed E-state index contributed by atoms with van der Waals surface area (Å²) in [5.41, 5.74) is 3.35. The highest BCUT2D eigenvalue weighted by Gasteiger charge is 2.44. The predicted molar refractivity (Wildman–Crippen MR) is 141 cm³/mol. The van der Waals surface area contributed by atoms with E-state index in [1.165, 1.54) is 6.07 Å². The minimum absolute atomic E-state index is 0.0485. The van der Waals surface area contributed by atoms with Gasteiger partial charge in [-0.15, -0.1) is 0 Å². The molecule has 2 fully saturated rings. The Hall–Kier alpha value is -3.68. The second-order valence-electron chi connectivity index (χ2n) is 11.1. The molecule has 2 unspecified atom stereocenters. The lowest BCUT2D eigenvalue weighted by Gasteiger charge is -2.47. The first-order chi connectivity index (χ1) is 19.2. The third kappa shape index (κ3) is 4.88. The number of nitrogens with zero attached hydrogens (tertiary/aromatic N) is 1. The van der Waals surface area contributed by atoms with Crippen LogP contribution in [0.4, 0.5) is 22.4 Å². The molecule has 2 heterocycles. The Kier molecular flexibility index (Phi) is 6.88. The van der Waals surface area contributed by atoms with Crippen molar-refractivity contribution in [2.75, 3.05) is 6.61 Å². The maximum Gasteiger partial charge on any atom is 0.419 e. The molecule has 2 bridgehead atoms. The zero-order valence-electron chi connectivity index (χ0n) is 21.8. The van der Waals surface area contributed by atoms with Crippen LogP contribution in [-0.2, 0) is 22.1 Å². The molecule has 40 heavy (non-hydrogen) atoms. The standard InChI is InChI=1S/C32H29F4NO3/c33-29-13-12-19(14-28(29)32(34,35)36)15-30(38)20-16-21-6-5-7-22(17-20)37(21)31(39)40-18-27-25-10-3-1-8-23(25)24-9-2-4-11-26(24)27/h1-4,8-14,20-22,27H,5-7,15-18H2. The second-order valence-corrected chi connectivity index (χ2v) is 11.1. The Bertz CT molecular complexity index is 1390. The van der Waals surface area contributed by atoms with Crippen molar-refractivity contribution >= 4 is 11.9 Å². The van der Waals surface area contributed by atoms with Gasteiger partial charge in [-0.1, -0.05) is 54.6 Å². The van der Waals surface area contributed by atoms with E-state index in [0.717, 1.165) is 53.6 Å². The summed E-state index contributed by atoms with van der Waals surface area (Å²) in [5.74, 6) is -1.95. The van der Waals surface area contributed by atoms with Crippen molar-refractivity contribution in [1.82, 2.24) is 4.90 Å². The van der Waals surface area contributed by atoms with Gasteiger partial charge in [0.1, 0.15) is 18.2 Å². The maximum absolute atomic E-state index is 13.7. The third-order valence-electron chi connectivity index (χ3n) is 8.69. The average molecular weight is 552 g/mol. The van der Waals surface area contributed by atoms with Gasteiger partial charge in [-0.2, -0.15) is 13.2 Å². The Morgan fingerprint density at radius 1 is 0.875 bits per heavy atom. The monoisotopic (exact) mass is 551 g/mol. The van der Waals surface area contributed by atoms with Crippen molar-refractivity contribution in [1.29, 1.82) is 0 Å². The highest BCUT2D eigenvalue weighted by atomic mass is 19.4. The molecule has 0 saturated carbocycles. The molecule has 0 aromatic heterocycles. The summed E-state index contributed by atoms with van der Waals surface area (Å²) in [6.07, 6.45) is -2.06. The summed E-state index contributed by atoms with van der Waals surface area (Å²) in [6, 6.07) is 18.7. The highest BCUT2D eigenvalue weighted by Crippen LogP contribution is 2.45. The molecule has 0 N–H and O–H groups in total. The zero-order valence-corrected chi connectivity index (χ0v) is 21.8. The molecule has 1 aliphatic carbocycles. The van der Waals surface area contributed by atoms with Gasteiger partial charge in [0.15, 0.2) is 0 Å². The summed E-state index contributed by atoms with van der Waals surface area (Å²) < 4.78 is 59.0. The van der Waals surface area contributed by atoms with E-state index >= 15 is 0 Å². The van der Waals surface area contributed by atoms with Crippen LogP contribution < -0.4 is 0 Å². The number of carbonyl (C=O) groups excluding carboxylic acids is 2. The van der Waals surface area contributed by atoms with Crippen molar-refractivity contribution in [3.05, 3.63) is 94.8 Å². The number of ketones is 1. The van der Waals surface area contributed by atoms with E-state index in [9.17, 15) is 27.2 Å². The van der Waals surface area contributed by atoms with E-state index in [0.29, 0.717) is 12.8 Å². The first-order valence-electron chi connectivity index (χ1n) is 13.7. The molecule has 1 amide bonds. The lowest BCUT2D eigenvalue weighted by atomic mass is 9.76. The van der Waals surface area contributed by atoms with Crippen LogP contribution >= 0.6 is 0 Å². The van der Waals surface area contributed by atoms with Crippen LogP contribution in [0.25, 0.3) is 11.1 Å². The zero-order chi connectivity index (χ0) is 28.0. The fraction of sp³-hybridized carbons (Fsp3) is 0.375. The number of hydrogen-bond donors (Lipinski definition) is 0. The number of ether oxygens (including phenoxy) is 1. The Morgan fingerprint density at radius 2 is 1.48 bits per heavy atom. The first-order valence-corrected chi connectivity index (χ1v) is 13.7. The van der Waals surface area contributed by atoms with E-state index < -0.39 is 17.6 Å². The molecule has 2 saturated heterocycles. The fourth-order valence-corrected chi connectivity index (χ4v) is 6.86. The SMILES string of the molecule is O=C(Cc1ccc(F)c(C(F)(F)F)c1)C1CC2CCCC(C1)N2C(=O)OCC1c2ccccc2-c2ccccc21. The van der Waals surface area contributed by atoms with Crippen LogP contribution in [0.2, 0.25) is 0 Å². The van der Waals surface area contributed by atoms with Crippen molar-refractivity contribution in [2.45, 2.75) is 62.7 Å². The summed E-state index contributed by atoms with van der Waals surface area (Å²) >= 11 is 0. The molecule has 2 aliphatic heterocycles. The van der Waals surface area contributed by atoms with Gasteiger partial charge in [0.25, 0.3) is 0 Å². The summed E-state index contributed by atoms with van der Waals surface area (Å²) in [7, 11) is 0. The normalized spacial score (nSPS) is 22.0. The van der Waals surface area contributed by atoms with Gasteiger partial charge in [-0.25, -0.2) is 9.18 Å². The van der Waals surface area contributed by atoms with Crippen molar-refractivity contribution in [3.63, 3.8) is 0 Å². The van der Waals surface area contributed by atoms with Gasteiger partial charge in [-0.05, 0) is 72.1 Å². The van der Waals surface area contributed by atoms with Gasteiger partial charge in [0, 0.05) is 30.3 Å². The van der Waals surface area contributed by atoms with Crippen LogP contribution in [0.15, 0.2) is 66.7 Å². The van der Waals surface area contributed by atoms with E-state index in [1.807, 2.05) is 24.3 Å². The number of alkyl halides is 3. The minimum Gasteiger partial charge on any atom is -0.448 e. The smallest absolute Gasteiger partial charge is 0.419 e. The van der Waals surface area contributed by atoms with Gasteiger partial charge in [0.2, 0.25) is 0 Å². The average Bonchev–Trinajstić information content (AvgIpc) is 3.25. The van der Waals surface area contributed by atoms with Crippen LogP contribution in [0.3, 0.4) is 0 Å². The number of fused-ring (bicyclic) bond motifs is 5. The second kappa shape index (κ2) is 10.4. The van der Waals surface area contributed by atoms with Crippen molar-refractivity contribution < 1.29 is 31.9 Å². The number of hydrogen-bond acceptors (Lipinski definition) is 3. The predicted octanol–water partition coefficient (Wildman–Crippen LogP) is 7.54. The molecule has 6 rings (SSSR count). The van der Waals surface area contributed by atoms with E-state index in [4.69, 9.17) is 4.74 Å². The lowest BCUT2D eigenvalue weighted by Crippen LogP contribution is -2.56. The van der Waals surface area contributed by atoms with E-state index in [-0.39, 0.29) is 54.4 Å². The van der Waals surface area contributed by atoms with Crippen molar-refractivity contribution in [3.8, 4) is 11.1 Å². The number of amides is 1. The Morgan fingerprint density at radius 3 is 2.08 bits per heavy atom. The van der Waals surface area contributed by atoms with Gasteiger partial charge >= 0.3 is 12.3 Å². The Labute approximate surface area is 229 Å². The molecular formula is C32H29F4NO3. The van der Waals surface area contributed by atoms with E-state index in [2.05, 4.69) is 24.3 Å². The molecule has 4 nitrogen and oxygen atoms in total. The molecule has 8 heteroatoms. The summed E-state index contributed by atoms with van der Waals surface area (Å²) in [6.45, 7) is 0.220. The quantitative estimate of drug-likeness (QED) is 0.308. The van der Waals surface area contributed by atoms with E-state index in [1.54, 1.807) is 4.90 Å². The van der Waals surface area contributed by atoms with Crippen LogP contribution in [-0.4, -0.2) is 35.5 Å². The molecular weight excluding hydrogens is 522 g/mol. The Balaban J connectivity index is 1.12. The van der Waals surface area contributed by atoms with Crippen molar-refractivity contribution in [2.24, 2.45) is 5.92 Å². The molecule has 0 spiro atoms. The summed E-state index contributed by atoms with van der Waals surface area (Å²) in [5, 5.41) is 0. The molecule has 3 aromatic carbocycles. The number of benzene rings is 3. The first kappa shape index (κ1) is 26.5. The number of piperidine rings is 2. The van der Waals surface area contributed by atoms with Crippen LogP contribution in [0.5, 0.6) is 0 Å². The molecule has 2 atom stereocenters. The molecule has 3 aromatic rings. The number of carbonyl (C=O) groups is 2. The van der Waals surface area contributed by atoms with Gasteiger partial charge in [0.05, 0.1) is 5.56 Å². The molecule has 208 valence electrons. The minimum atomic E-state index is -4.82. The maximum atomic E-state index is 13.7. The third-order valence-corrected chi connectivity index (χ3v) is 8.69. The fourth-order valence-electron chi connectivity index (χ4n) is 6.86. The number of rotatable bonds is 5. The highest BCUT2D eigenvalue weighted by molar-refractivity contribution is 5.84. The topological polar surface area (TPSA) is 46.6 Å². The number of halogens is 4. The van der Waals surface area contributed by atoms with Gasteiger partial charge in [-0.3, -0.25) is 4.79 Å². The molecule has 0 radical (unpaired) electrons. The number of Topliss-reactive ketones (excluding diaryl/α,β-unsaturated/α-hetero) is 1. The lowest BCUT2D eigenvalue weighted by molar-refractivity contribution is -0.140. The molecule has 3 aliphatic rings. The summed E-state index contributed by atoms with van der Waals surface area (Å²) in [4.78, 5) is 28.3. The van der Waals surface area contributed by atoms with Crippen LogP contribution in [0.1, 0.15) is 60.3 Å².